The molecule has 0 radical (unpaired) electrons. The Bertz CT molecular complexity index is 673. The smallest absolute Gasteiger partial charge is 0.243 e. The summed E-state index contributed by atoms with van der Waals surface area (Å²) in [5.74, 6) is 0.694. The van der Waals surface area contributed by atoms with Gasteiger partial charge in [0.05, 0.1) is 6.54 Å². The lowest BCUT2D eigenvalue weighted by Crippen LogP contribution is -1.99. The highest BCUT2D eigenvalue weighted by molar-refractivity contribution is 7.12. The highest BCUT2D eigenvalue weighted by Gasteiger charge is 2.14. The highest BCUT2D eigenvalue weighted by Crippen LogP contribution is 2.30. The molecule has 96 valence electrons. The quantitative estimate of drug-likeness (QED) is 0.795. The van der Waals surface area contributed by atoms with Crippen LogP contribution in [0.2, 0.25) is 0 Å². The lowest BCUT2D eigenvalue weighted by molar-refractivity contribution is 0.913. The minimum atomic E-state index is 0.694. The number of aryl methyl sites for hydroxylation is 2. The Hall–Kier alpha value is -1.88. The standard InChI is InChI=1S/C14H14N4S/c1-2-7-18-13(6-1)16-14(17-18)15-9-11-8-10-4-3-5-12(10)19-11/h1-2,6-8H,3-5,9H2,(H,15,17). The van der Waals surface area contributed by atoms with Crippen molar-refractivity contribution in [2.45, 2.75) is 25.8 Å². The summed E-state index contributed by atoms with van der Waals surface area (Å²) < 4.78 is 1.79. The van der Waals surface area contributed by atoms with Gasteiger partial charge in [0, 0.05) is 16.0 Å². The van der Waals surface area contributed by atoms with E-state index in [-0.39, 0.29) is 0 Å². The van der Waals surface area contributed by atoms with Crippen LogP contribution in [0.25, 0.3) is 5.65 Å². The van der Waals surface area contributed by atoms with E-state index in [9.17, 15) is 0 Å². The van der Waals surface area contributed by atoms with Gasteiger partial charge in [-0.05, 0) is 43.0 Å². The van der Waals surface area contributed by atoms with E-state index in [1.165, 1.54) is 24.1 Å². The van der Waals surface area contributed by atoms with Crippen LogP contribution in [0.15, 0.2) is 30.5 Å². The van der Waals surface area contributed by atoms with Gasteiger partial charge >= 0.3 is 0 Å². The van der Waals surface area contributed by atoms with E-state index in [1.807, 2.05) is 35.7 Å². The van der Waals surface area contributed by atoms with E-state index in [4.69, 9.17) is 0 Å². The Labute approximate surface area is 115 Å². The Kier molecular flexibility index (Phi) is 2.51. The molecule has 3 aromatic heterocycles. The summed E-state index contributed by atoms with van der Waals surface area (Å²) in [7, 11) is 0. The van der Waals surface area contributed by atoms with Crippen LogP contribution in [-0.4, -0.2) is 14.6 Å². The van der Waals surface area contributed by atoms with Crippen molar-refractivity contribution in [1.29, 1.82) is 0 Å². The zero-order chi connectivity index (χ0) is 12.7. The van der Waals surface area contributed by atoms with Crippen molar-refractivity contribution in [1.82, 2.24) is 14.6 Å². The predicted octanol–water partition coefficient (Wildman–Crippen LogP) is 2.89. The molecule has 0 saturated carbocycles. The summed E-state index contributed by atoms with van der Waals surface area (Å²) >= 11 is 1.92. The lowest BCUT2D eigenvalue weighted by atomic mass is 10.2. The molecule has 3 aromatic rings. The number of nitrogens with one attached hydrogen (secondary N) is 1. The Balaban J connectivity index is 1.51. The summed E-state index contributed by atoms with van der Waals surface area (Å²) in [6.07, 6.45) is 5.74. The maximum Gasteiger partial charge on any atom is 0.243 e. The van der Waals surface area contributed by atoms with Crippen LogP contribution in [0.1, 0.15) is 21.7 Å². The molecule has 0 saturated heterocycles. The van der Waals surface area contributed by atoms with E-state index in [0.717, 1.165) is 12.2 Å². The summed E-state index contributed by atoms with van der Waals surface area (Å²) in [5.41, 5.74) is 2.42. The zero-order valence-corrected chi connectivity index (χ0v) is 11.3. The van der Waals surface area contributed by atoms with Gasteiger partial charge in [0.25, 0.3) is 0 Å². The first-order valence-electron chi connectivity index (χ1n) is 6.54. The van der Waals surface area contributed by atoms with Crippen LogP contribution in [0.4, 0.5) is 5.95 Å². The van der Waals surface area contributed by atoms with E-state index < -0.39 is 0 Å². The van der Waals surface area contributed by atoms with E-state index >= 15 is 0 Å². The molecule has 0 aliphatic heterocycles. The summed E-state index contributed by atoms with van der Waals surface area (Å²) in [6.45, 7) is 0.814. The number of aromatic nitrogens is 3. The molecule has 0 spiro atoms. The normalized spacial score (nSPS) is 13.9. The van der Waals surface area contributed by atoms with Gasteiger partial charge in [0.2, 0.25) is 5.95 Å². The van der Waals surface area contributed by atoms with Crippen molar-refractivity contribution in [2.75, 3.05) is 5.32 Å². The number of hydrogen-bond donors (Lipinski definition) is 1. The average molecular weight is 270 g/mol. The van der Waals surface area contributed by atoms with Gasteiger partial charge in [-0.25, -0.2) is 4.52 Å². The number of rotatable bonds is 3. The van der Waals surface area contributed by atoms with Gasteiger partial charge < -0.3 is 5.32 Å². The number of nitrogens with zero attached hydrogens (tertiary/aromatic N) is 3. The molecule has 0 bridgehead atoms. The number of anilines is 1. The van der Waals surface area contributed by atoms with Gasteiger partial charge in [-0.15, -0.1) is 16.4 Å². The molecule has 19 heavy (non-hydrogen) atoms. The first-order valence-corrected chi connectivity index (χ1v) is 7.36. The van der Waals surface area contributed by atoms with Crippen LogP contribution >= 0.6 is 11.3 Å². The van der Waals surface area contributed by atoms with Crippen molar-refractivity contribution in [3.63, 3.8) is 0 Å². The molecule has 0 atom stereocenters. The Morgan fingerprint density at radius 2 is 2.32 bits per heavy atom. The Morgan fingerprint density at radius 3 is 3.21 bits per heavy atom. The molecule has 1 aliphatic rings. The van der Waals surface area contributed by atoms with E-state index in [1.54, 1.807) is 15.0 Å². The molecule has 4 rings (SSSR count). The third kappa shape index (κ3) is 2.00. The van der Waals surface area contributed by atoms with Crippen LogP contribution in [0.3, 0.4) is 0 Å². The second-order valence-electron chi connectivity index (χ2n) is 4.81. The van der Waals surface area contributed by atoms with Gasteiger partial charge in [0.15, 0.2) is 5.65 Å². The number of fused-ring (bicyclic) bond motifs is 2. The van der Waals surface area contributed by atoms with E-state index in [2.05, 4.69) is 21.5 Å². The van der Waals surface area contributed by atoms with Crippen LogP contribution < -0.4 is 5.32 Å². The van der Waals surface area contributed by atoms with Crippen molar-refractivity contribution < 1.29 is 0 Å². The maximum atomic E-state index is 4.44. The molecule has 1 aliphatic carbocycles. The number of hydrogen-bond acceptors (Lipinski definition) is 4. The summed E-state index contributed by atoms with van der Waals surface area (Å²) in [4.78, 5) is 7.38. The molecule has 0 fully saturated rings. The minimum Gasteiger partial charge on any atom is -0.348 e. The van der Waals surface area contributed by atoms with Gasteiger partial charge in [-0.2, -0.15) is 4.98 Å². The molecule has 4 nitrogen and oxygen atoms in total. The molecule has 1 N–H and O–H groups in total. The van der Waals surface area contributed by atoms with E-state index in [0.29, 0.717) is 5.95 Å². The first kappa shape index (κ1) is 11.0. The fraction of sp³-hybridized carbons (Fsp3) is 0.286. The number of thiophene rings is 1. The van der Waals surface area contributed by atoms with Gasteiger partial charge in [-0.3, -0.25) is 0 Å². The average Bonchev–Trinajstić information content (AvgIpc) is 3.09. The third-order valence-electron chi connectivity index (χ3n) is 3.46. The fourth-order valence-corrected chi connectivity index (χ4v) is 3.75. The van der Waals surface area contributed by atoms with Crippen LogP contribution in [-0.2, 0) is 19.4 Å². The van der Waals surface area contributed by atoms with Crippen LogP contribution in [0, 0.1) is 0 Å². The summed E-state index contributed by atoms with van der Waals surface area (Å²) in [6, 6.07) is 8.21. The van der Waals surface area contributed by atoms with Crippen molar-refractivity contribution in [2.24, 2.45) is 0 Å². The molecule has 0 amide bonds. The summed E-state index contributed by atoms with van der Waals surface area (Å²) in [5, 5.41) is 7.70. The first-order chi connectivity index (χ1) is 9.38. The van der Waals surface area contributed by atoms with Gasteiger partial charge in [0.1, 0.15) is 0 Å². The van der Waals surface area contributed by atoms with Crippen LogP contribution in [0.5, 0.6) is 0 Å². The molecule has 0 aromatic carbocycles. The monoisotopic (exact) mass is 270 g/mol. The molecular formula is C14H14N4S. The molecule has 5 heteroatoms. The molecule has 3 heterocycles. The fourth-order valence-electron chi connectivity index (χ4n) is 2.55. The highest BCUT2D eigenvalue weighted by atomic mass is 32.1. The largest absolute Gasteiger partial charge is 0.348 e. The maximum absolute atomic E-state index is 4.44. The van der Waals surface area contributed by atoms with Crippen molar-refractivity contribution in [3.05, 3.63) is 45.8 Å². The second kappa shape index (κ2) is 4.35. The predicted molar refractivity (Wildman–Crippen MR) is 76.7 cm³/mol. The van der Waals surface area contributed by atoms with Crippen molar-refractivity contribution in [3.8, 4) is 0 Å². The topological polar surface area (TPSA) is 42.2 Å². The molecular weight excluding hydrogens is 256 g/mol. The minimum absolute atomic E-state index is 0.694. The molecule has 0 unspecified atom stereocenters. The zero-order valence-electron chi connectivity index (χ0n) is 10.5. The van der Waals surface area contributed by atoms with Gasteiger partial charge in [-0.1, -0.05) is 6.07 Å². The SMILES string of the molecule is c1ccn2nc(NCc3cc4c(s3)CCC4)nc2c1. The lowest BCUT2D eigenvalue weighted by Gasteiger charge is -1.98. The van der Waals surface area contributed by atoms with Crippen molar-refractivity contribution >= 4 is 22.9 Å². The third-order valence-corrected chi connectivity index (χ3v) is 4.70. The Morgan fingerprint density at radius 1 is 1.32 bits per heavy atom. The second-order valence-corrected chi connectivity index (χ2v) is 6.03. The number of pyridine rings is 1.